The molecule has 1 saturated carbocycles. The second kappa shape index (κ2) is 7.18. The van der Waals surface area contributed by atoms with Gasteiger partial charge in [0.1, 0.15) is 6.04 Å². The number of aromatic amines is 1. The Bertz CT molecular complexity index is 671. The van der Waals surface area contributed by atoms with Crippen molar-refractivity contribution in [1.29, 1.82) is 0 Å². The summed E-state index contributed by atoms with van der Waals surface area (Å²) < 4.78 is 5.08. The van der Waals surface area contributed by atoms with Gasteiger partial charge in [-0.05, 0) is 37.3 Å². The van der Waals surface area contributed by atoms with Crippen LogP contribution in [0.5, 0.6) is 0 Å². The number of hydrogen-bond donors (Lipinski definition) is 2. The van der Waals surface area contributed by atoms with Gasteiger partial charge in [-0.25, -0.2) is 0 Å². The van der Waals surface area contributed by atoms with Crippen LogP contribution in [0.25, 0.3) is 10.9 Å². The average molecular weight is 314 g/mol. The number of rotatable bonds is 5. The van der Waals surface area contributed by atoms with E-state index in [-0.39, 0.29) is 5.97 Å². The lowest BCUT2D eigenvalue weighted by Crippen LogP contribution is -2.34. The lowest BCUT2D eigenvalue weighted by atomic mass is 9.84. The van der Waals surface area contributed by atoms with E-state index in [2.05, 4.69) is 17.1 Å². The molecule has 3 rings (SSSR count). The third-order valence-electron chi connectivity index (χ3n) is 4.87. The van der Waals surface area contributed by atoms with E-state index in [1.165, 1.54) is 48.7 Å². The summed E-state index contributed by atoms with van der Waals surface area (Å²) >= 11 is 0. The normalized spacial score (nSPS) is 17.3. The molecule has 0 spiro atoms. The average Bonchev–Trinajstić information content (AvgIpc) is 2.94. The molecule has 1 aromatic carbocycles. The Morgan fingerprint density at radius 1 is 1.30 bits per heavy atom. The number of benzene rings is 1. The second-order valence-corrected chi connectivity index (χ2v) is 6.46. The van der Waals surface area contributed by atoms with E-state index in [1.54, 1.807) is 0 Å². The fourth-order valence-corrected chi connectivity index (χ4v) is 3.73. The summed E-state index contributed by atoms with van der Waals surface area (Å²) in [6.45, 7) is 2.18. The zero-order valence-electron chi connectivity index (χ0n) is 13.8. The summed E-state index contributed by atoms with van der Waals surface area (Å²) in [5.41, 5.74) is 9.72. The fourth-order valence-electron chi connectivity index (χ4n) is 3.73. The molecule has 23 heavy (non-hydrogen) atoms. The van der Waals surface area contributed by atoms with Gasteiger partial charge in [0, 0.05) is 23.0 Å². The molecule has 1 aliphatic rings. The van der Waals surface area contributed by atoms with Gasteiger partial charge in [0.05, 0.1) is 6.61 Å². The van der Waals surface area contributed by atoms with Crippen LogP contribution in [-0.4, -0.2) is 23.6 Å². The molecule has 4 heteroatoms. The van der Waals surface area contributed by atoms with Crippen molar-refractivity contribution in [3.05, 3.63) is 35.5 Å². The molecular weight excluding hydrogens is 288 g/mol. The first kappa shape index (κ1) is 16.1. The van der Waals surface area contributed by atoms with Crippen molar-refractivity contribution in [1.82, 2.24) is 4.98 Å². The lowest BCUT2D eigenvalue weighted by Gasteiger charge is -2.22. The molecule has 1 atom stereocenters. The Labute approximate surface area is 137 Å². The minimum atomic E-state index is -0.600. The smallest absolute Gasteiger partial charge is 0.323 e. The van der Waals surface area contributed by atoms with Gasteiger partial charge in [-0.15, -0.1) is 0 Å². The van der Waals surface area contributed by atoms with Gasteiger partial charge in [-0.1, -0.05) is 37.5 Å². The highest BCUT2D eigenvalue weighted by Gasteiger charge is 2.25. The number of nitrogens with one attached hydrogen (secondary N) is 1. The molecule has 0 amide bonds. The number of H-pyrrole nitrogens is 1. The number of fused-ring (bicyclic) bond motifs is 1. The van der Waals surface area contributed by atoms with Gasteiger partial charge in [-0.3, -0.25) is 4.79 Å². The molecule has 1 fully saturated rings. The highest BCUT2D eigenvalue weighted by molar-refractivity contribution is 5.86. The van der Waals surface area contributed by atoms with Crippen molar-refractivity contribution in [2.75, 3.05) is 6.61 Å². The van der Waals surface area contributed by atoms with Crippen LogP contribution in [0.15, 0.2) is 24.3 Å². The standard InChI is InChI=1S/C19H26N2O2/c1-2-23-19(22)16(20)12-15-14-10-6-7-11-17(14)21-18(15)13-8-4-3-5-9-13/h6-7,10-11,13,16,21H,2-5,8-9,12,20H2,1H3. The Morgan fingerprint density at radius 3 is 2.78 bits per heavy atom. The van der Waals surface area contributed by atoms with Crippen molar-refractivity contribution in [3.63, 3.8) is 0 Å². The van der Waals surface area contributed by atoms with Gasteiger partial charge in [0.15, 0.2) is 0 Å². The van der Waals surface area contributed by atoms with Gasteiger partial charge < -0.3 is 15.5 Å². The molecule has 0 bridgehead atoms. The monoisotopic (exact) mass is 314 g/mol. The minimum absolute atomic E-state index is 0.313. The van der Waals surface area contributed by atoms with Gasteiger partial charge in [0.25, 0.3) is 0 Å². The van der Waals surface area contributed by atoms with Gasteiger partial charge in [-0.2, -0.15) is 0 Å². The van der Waals surface area contributed by atoms with Crippen LogP contribution in [-0.2, 0) is 16.0 Å². The lowest BCUT2D eigenvalue weighted by molar-refractivity contribution is -0.144. The van der Waals surface area contributed by atoms with Crippen LogP contribution in [0.1, 0.15) is 56.2 Å². The van der Waals surface area contributed by atoms with Crippen LogP contribution in [0.4, 0.5) is 0 Å². The highest BCUT2D eigenvalue weighted by Crippen LogP contribution is 2.37. The maximum absolute atomic E-state index is 11.9. The number of aromatic nitrogens is 1. The van der Waals surface area contributed by atoms with Crippen molar-refractivity contribution in [2.24, 2.45) is 5.73 Å². The number of nitrogens with two attached hydrogens (primary N) is 1. The Morgan fingerprint density at radius 2 is 2.04 bits per heavy atom. The van der Waals surface area contributed by atoms with E-state index >= 15 is 0 Å². The third-order valence-corrected chi connectivity index (χ3v) is 4.87. The predicted octanol–water partition coefficient (Wildman–Crippen LogP) is 3.65. The van der Waals surface area contributed by atoms with E-state index in [4.69, 9.17) is 10.5 Å². The predicted molar refractivity (Wildman–Crippen MR) is 92.4 cm³/mol. The number of hydrogen-bond acceptors (Lipinski definition) is 3. The number of carbonyl (C=O) groups is 1. The van der Waals surface area contributed by atoms with Crippen molar-refractivity contribution >= 4 is 16.9 Å². The molecule has 1 unspecified atom stereocenters. The summed E-state index contributed by atoms with van der Waals surface area (Å²) in [5.74, 6) is 0.243. The van der Waals surface area contributed by atoms with E-state index in [9.17, 15) is 4.79 Å². The zero-order chi connectivity index (χ0) is 16.2. The highest BCUT2D eigenvalue weighted by atomic mass is 16.5. The van der Waals surface area contributed by atoms with Gasteiger partial charge >= 0.3 is 5.97 Å². The molecule has 0 aliphatic heterocycles. The molecule has 1 heterocycles. The Balaban J connectivity index is 1.94. The topological polar surface area (TPSA) is 68.1 Å². The first-order chi connectivity index (χ1) is 11.2. The second-order valence-electron chi connectivity index (χ2n) is 6.46. The van der Waals surface area contributed by atoms with Crippen LogP contribution in [0.3, 0.4) is 0 Å². The van der Waals surface area contributed by atoms with Crippen LogP contribution in [0.2, 0.25) is 0 Å². The molecular formula is C19H26N2O2. The molecule has 1 aliphatic carbocycles. The van der Waals surface area contributed by atoms with E-state index in [1.807, 2.05) is 19.1 Å². The van der Waals surface area contributed by atoms with E-state index in [0.717, 1.165) is 5.52 Å². The Hall–Kier alpha value is -1.81. The van der Waals surface area contributed by atoms with Crippen LogP contribution in [0, 0.1) is 0 Å². The van der Waals surface area contributed by atoms with Crippen molar-refractivity contribution in [3.8, 4) is 0 Å². The number of para-hydroxylation sites is 1. The third kappa shape index (κ3) is 3.42. The number of carbonyl (C=O) groups excluding carboxylic acids is 1. The molecule has 0 radical (unpaired) electrons. The van der Waals surface area contributed by atoms with Crippen molar-refractivity contribution < 1.29 is 9.53 Å². The first-order valence-corrected chi connectivity index (χ1v) is 8.72. The fraction of sp³-hybridized carbons (Fsp3) is 0.526. The summed E-state index contributed by atoms with van der Waals surface area (Å²) in [6, 6.07) is 7.70. The Kier molecular flexibility index (Phi) is 5.01. The number of esters is 1. The number of ether oxygens (including phenoxy) is 1. The van der Waals surface area contributed by atoms with E-state index in [0.29, 0.717) is 18.9 Å². The summed E-state index contributed by atoms with van der Waals surface area (Å²) in [5, 5.41) is 1.19. The molecule has 1 aromatic heterocycles. The first-order valence-electron chi connectivity index (χ1n) is 8.72. The van der Waals surface area contributed by atoms with Crippen LogP contribution >= 0.6 is 0 Å². The summed E-state index contributed by atoms with van der Waals surface area (Å²) in [7, 11) is 0. The maximum Gasteiger partial charge on any atom is 0.323 e. The van der Waals surface area contributed by atoms with Crippen molar-refractivity contribution in [2.45, 2.75) is 57.4 Å². The molecule has 124 valence electrons. The molecule has 3 N–H and O–H groups in total. The van der Waals surface area contributed by atoms with Crippen LogP contribution < -0.4 is 5.73 Å². The molecule has 4 nitrogen and oxygen atoms in total. The quantitative estimate of drug-likeness (QED) is 0.828. The minimum Gasteiger partial charge on any atom is -0.465 e. The maximum atomic E-state index is 11.9. The molecule has 2 aromatic rings. The largest absolute Gasteiger partial charge is 0.465 e. The van der Waals surface area contributed by atoms with E-state index < -0.39 is 6.04 Å². The summed E-state index contributed by atoms with van der Waals surface area (Å²) in [6.07, 6.45) is 6.86. The molecule has 0 saturated heterocycles. The SMILES string of the molecule is CCOC(=O)C(N)Cc1c(C2CCCCC2)[nH]c2ccccc12. The summed E-state index contributed by atoms with van der Waals surface area (Å²) in [4.78, 5) is 15.5. The van der Waals surface area contributed by atoms with Gasteiger partial charge in [0.2, 0.25) is 0 Å². The zero-order valence-corrected chi connectivity index (χ0v) is 13.8.